The van der Waals surface area contributed by atoms with Gasteiger partial charge in [-0.05, 0) is 50.5 Å². The lowest BCUT2D eigenvalue weighted by atomic mass is 9.67. The Morgan fingerprint density at radius 1 is 1.40 bits per heavy atom. The summed E-state index contributed by atoms with van der Waals surface area (Å²) in [7, 11) is 0. The van der Waals surface area contributed by atoms with Gasteiger partial charge < -0.3 is 5.11 Å². The average Bonchev–Trinajstić information content (AvgIpc) is 1.98. The fraction of sp³-hybridized carbons (Fsp3) is 0.714. The number of aliphatic hydroxyl groups is 1. The minimum atomic E-state index is -0.616. The fourth-order valence-corrected chi connectivity index (χ4v) is 3.11. The highest BCUT2D eigenvalue weighted by atomic mass is 16.3. The summed E-state index contributed by atoms with van der Waals surface area (Å²) in [4.78, 5) is 0. The van der Waals surface area contributed by atoms with Gasteiger partial charge in [0, 0.05) is 0 Å². The van der Waals surface area contributed by atoms with Crippen LogP contribution in [0, 0.1) is 5.41 Å². The number of hydrogen-bond acceptors (Lipinski definition) is 1. The highest BCUT2D eigenvalue weighted by Gasteiger charge is 2.38. The van der Waals surface area contributed by atoms with Crippen LogP contribution in [0.15, 0.2) is 23.8 Å². The zero-order chi connectivity index (χ0) is 11.7. The van der Waals surface area contributed by atoms with Crippen molar-refractivity contribution in [3.63, 3.8) is 0 Å². The third-order valence-electron chi connectivity index (χ3n) is 3.33. The van der Waals surface area contributed by atoms with Crippen molar-refractivity contribution < 1.29 is 5.11 Å². The summed E-state index contributed by atoms with van der Waals surface area (Å²) in [5.74, 6) is 0. The molecule has 1 heteroatoms. The van der Waals surface area contributed by atoms with Crippen LogP contribution >= 0.6 is 0 Å². The average molecular weight is 208 g/mol. The standard InChI is InChI=1S/C14H24O/c1-6-7-8-12-11(2)9-13(3,4)10-14(12,5)15/h6,15H,1,7-10H2,2-5H3. The lowest BCUT2D eigenvalue weighted by Crippen LogP contribution is -2.38. The summed E-state index contributed by atoms with van der Waals surface area (Å²) >= 11 is 0. The monoisotopic (exact) mass is 208 g/mol. The van der Waals surface area contributed by atoms with Crippen molar-refractivity contribution in [3.05, 3.63) is 23.8 Å². The summed E-state index contributed by atoms with van der Waals surface area (Å²) in [5, 5.41) is 10.5. The molecule has 1 N–H and O–H groups in total. The molecule has 15 heavy (non-hydrogen) atoms. The van der Waals surface area contributed by atoms with Crippen molar-refractivity contribution >= 4 is 0 Å². The lowest BCUT2D eigenvalue weighted by molar-refractivity contribution is 0.0324. The number of allylic oxidation sites excluding steroid dienone is 2. The van der Waals surface area contributed by atoms with E-state index in [1.54, 1.807) is 0 Å². The zero-order valence-corrected chi connectivity index (χ0v) is 10.6. The van der Waals surface area contributed by atoms with Crippen molar-refractivity contribution in [1.82, 2.24) is 0 Å². The molecule has 0 aromatic rings. The van der Waals surface area contributed by atoms with Crippen LogP contribution in [0.25, 0.3) is 0 Å². The van der Waals surface area contributed by atoms with Gasteiger partial charge >= 0.3 is 0 Å². The molecule has 1 unspecified atom stereocenters. The Balaban J connectivity index is 2.94. The molecule has 0 fully saturated rings. The van der Waals surface area contributed by atoms with Crippen molar-refractivity contribution in [2.24, 2.45) is 5.41 Å². The molecule has 1 nitrogen and oxygen atoms in total. The van der Waals surface area contributed by atoms with Crippen LogP contribution in [-0.4, -0.2) is 10.7 Å². The van der Waals surface area contributed by atoms with Gasteiger partial charge in [0.15, 0.2) is 0 Å². The molecular formula is C14H24O. The molecule has 1 atom stereocenters. The molecule has 0 saturated heterocycles. The second-order valence-electron chi connectivity index (χ2n) is 5.88. The number of hydrogen-bond donors (Lipinski definition) is 1. The maximum absolute atomic E-state index is 10.5. The molecule has 0 spiro atoms. The molecule has 0 bridgehead atoms. The minimum absolute atomic E-state index is 0.227. The predicted molar refractivity (Wildman–Crippen MR) is 65.8 cm³/mol. The third-order valence-corrected chi connectivity index (χ3v) is 3.33. The van der Waals surface area contributed by atoms with Crippen LogP contribution in [0.2, 0.25) is 0 Å². The van der Waals surface area contributed by atoms with E-state index in [9.17, 15) is 5.11 Å². The van der Waals surface area contributed by atoms with E-state index in [0.717, 1.165) is 25.7 Å². The van der Waals surface area contributed by atoms with Gasteiger partial charge in [-0.1, -0.05) is 25.5 Å². The summed E-state index contributed by atoms with van der Waals surface area (Å²) in [6, 6.07) is 0. The van der Waals surface area contributed by atoms with Gasteiger partial charge in [0.25, 0.3) is 0 Å². The van der Waals surface area contributed by atoms with E-state index >= 15 is 0 Å². The van der Waals surface area contributed by atoms with E-state index in [2.05, 4.69) is 27.4 Å². The third kappa shape index (κ3) is 2.94. The quantitative estimate of drug-likeness (QED) is 0.699. The first-order valence-corrected chi connectivity index (χ1v) is 5.81. The van der Waals surface area contributed by atoms with Crippen LogP contribution < -0.4 is 0 Å². The number of rotatable bonds is 3. The predicted octanol–water partition coefficient (Wildman–Crippen LogP) is 3.84. The van der Waals surface area contributed by atoms with Gasteiger partial charge in [-0.3, -0.25) is 0 Å². The molecule has 1 rings (SSSR count). The highest BCUT2D eigenvalue weighted by Crippen LogP contribution is 2.45. The van der Waals surface area contributed by atoms with Gasteiger partial charge in [-0.15, -0.1) is 6.58 Å². The van der Waals surface area contributed by atoms with E-state index in [1.807, 2.05) is 13.0 Å². The Morgan fingerprint density at radius 3 is 2.47 bits per heavy atom. The van der Waals surface area contributed by atoms with E-state index in [4.69, 9.17) is 0 Å². The van der Waals surface area contributed by atoms with Gasteiger partial charge in [0.05, 0.1) is 5.60 Å². The molecule has 1 aliphatic rings. The van der Waals surface area contributed by atoms with Gasteiger partial charge in [-0.25, -0.2) is 0 Å². The maximum atomic E-state index is 10.5. The highest BCUT2D eigenvalue weighted by molar-refractivity contribution is 5.27. The molecule has 86 valence electrons. The second kappa shape index (κ2) is 4.13. The second-order valence-corrected chi connectivity index (χ2v) is 5.88. The normalized spacial score (nSPS) is 30.5. The van der Waals surface area contributed by atoms with Crippen molar-refractivity contribution in [3.8, 4) is 0 Å². The first-order valence-electron chi connectivity index (χ1n) is 5.81. The minimum Gasteiger partial charge on any atom is -0.386 e. The summed E-state index contributed by atoms with van der Waals surface area (Å²) in [6.07, 6.45) is 5.82. The van der Waals surface area contributed by atoms with E-state index in [-0.39, 0.29) is 5.41 Å². The largest absolute Gasteiger partial charge is 0.386 e. The van der Waals surface area contributed by atoms with Gasteiger partial charge in [0.1, 0.15) is 0 Å². The molecule has 0 heterocycles. The Kier molecular flexibility index (Phi) is 3.44. The fourth-order valence-electron chi connectivity index (χ4n) is 3.11. The van der Waals surface area contributed by atoms with E-state index < -0.39 is 5.60 Å². The molecule has 0 saturated carbocycles. The Morgan fingerprint density at radius 2 is 2.00 bits per heavy atom. The van der Waals surface area contributed by atoms with Crippen LogP contribution in [-0.2, 0) is 0 Å². The molecule has 0 amide bonds. The Hall–Kier alpha value is -0.560. The first-order chi connectivity index (χ1) is 6.78. The first kappa shape index (κ1) is 12.5. The zero-order valence-electron chi connectivity index (χ0n) is 10.6. The van der Waals surface area contributed by atoms with Crippen LogP contribution in [0.3, 0.4) is 0 Å². The van der Waals surface area contributed by atoms with Crippen molar-refractivity contribution in [2.45, 2.75) is 59.0 Å². The molecule has 0 aromatic carbocycles. The Labute approximate surface area is 93.9 Å². The van der Waals surface area contributed by atoms with E-state index in [1.165, 1.54) is 11.1 Å². The summed E-state index contributed by atoms with van der Waals surface area (Å²) in [5.41, 5.74) is 2.22. The summed E-state index contributed by atoms with van der Waals surface area (Å²) in [6.45, 7) is 12.3. The van der Waals surface area contributed by atoms with Crippen LogP contribution in [0.5, 0.6) is 0 Å². The summed E-state index contributed by atoms with van der Waals surface area (Å²) < 4.78 is 0. The molecule has 0 aromatic heterocycles. The van der Waals surface area contributed by atoms with Crippen LogP contribution in [0.1, 0.15) is 53.4 Å². The molecule has 0 radical (unpaired) electrons. The topological polar surface area (TPSA) is 20.2 Å². The van der Waals surface area contributed by atoms with E-state index in [0.29, 0.717) is 0 Å². The molecule has 1 aliphatic carbocycles. The smallest absolute Gasteiger partial charge is 0.0836 e. The van der Waals surface area contributed by atoms with Crippen molar-refractivity contribution in [2.75, 3.05) is 0 Å². The van der Waals surface area contributed by atoms with Gasteiger partial charge in [0.2, 0.25) is 0 Å². The maximum Gasteiger partial charge on any atom is 0.0836 e. The van der Waals surface area contributed by atoms with Gasteiger partial charge in [-0.2, -0.15) is 0 Å². The van der Waals surface area contributed by atoms with Crippen molar-refractivity contribution in [1.29, 1.82) is 0 Å². The lowest BCUT2D eigenvalue weighted by Gasteiger charge is -2.42. The molecular weight excluding hydrogens is 184 g/mol. The Bertz CT molecular complexity index is 282. The SMILES string of the molecule is C=CCCC1=C(C)CC(C)(C)CC1(C)O. The van der Waals surface area contributed by atoms with Crippen LogP contribution in [0.4, 0.5) is 0 Å². The molecule has 0 aliphatic heterocycles.